The van der Waals surface area contributed by atoms with Gasteiger partial charge in [-0.2, -0.15) is 4.37 Å². The van der Waals surface area contributed by atoms with Crippen molar-refractivity contribution < 1.29 is 18.9 Å². The molecule has 1 aliphatic rings. The summed E-state index contributed by atoms with van der Waals surface area (Å²) in [4.78, 5) is 5.58. The van der Waals surface area contributed by atoms with Crippen molar-refractivity contribution in [1.29, 1.82) is 0 Å². The topological polar surface area (TPSA) is 67.6 Å². The molecule has 4 atom stereocenters. The molecule has 5 aromatic rings. The van der Waals surface area contributed by atoms with E-state index in [4.69, 9.17) is 18.9 Å². The summed E-state index contributed by atoms with van der Waals surface area (Å²) in [5.41, 5.74) is 5.09. The Kier molecular flexibility index (Phi) is 8.08. The molecule has 1 saturated heterocycles. The number of imidazole rings is 1. The number of hydrogen-bond acceptors (Lipinski definition) is 7. The highest BCUT2D eigenvalue weighted by Crippen LogP contribution is 2.38. The van der Waals surface area contributed by atoms with Gasteiger partial charge in [0.2, 0.25) is 0 Å². The smallest absolute Gasteiger partial charge is 0.165 e. The fraction of sp³-hybridized carbons (Fsp3) is 0.290. The number of aryl methyl sites for hydroxylation is 1. The summed E-state index contributed by atoms with van der Waals surface area (Å²) in [6.45, 7) is 3.72. The van der Waals surface area contributed by atoms with E-state index in [0.29, 0.717) is 26.4 Å². The third-order valence-corrected chi connectivity index (χ3v) is 7.83. The number of benzene rings is 3. The minimum Gasteiger partial charge on any atom is -0.374 e. The van der Waals surface area contributed by atoms with Crippen LogP contribution < -0.4 is 0 Å². The maximum absolute atomic E-state index is 6.69. The molecule has 0 saturated carbocycles. The van der Waals surface area contributed by atoms with E-state index < -0.39 is 6.23 Å². The molecular weight excluding hydrogens is 510 g/mol. The number of ether oxygens (including phenoxy) is 4. The third-order valence-electron chi connectivity index (χ3n) is 6.88. The van der Waals surface area contributed by atoms with Crippen molar-refractivity contribution in [3.05, 3.63) is 120 Å². The van der Waals surface area contributed by atoms with Crippen LogP contribution in [-0.4, -0.2) is 38.8 Å². The van der Waals surface area contributed by atoms with Crippen molar-refractivity contribution >= 4 is 21.9 Å². The quantitative estimate of drug-likeness (QED) is 0.202. The van der Waals surface area contributed by atoms with Crippen LogP contribution >= 0.6 is 11.5 Å². The molecule has 0 bridgehead atoms. The van der Waals surface area contributed by atoms with Crippen LogP contribution in [-0.2, 0) is 38.8 Å². The second-order valence-corrected chi connectivity index (χ2v) is 10.4. The molecule has 7 nitrogen and oxygen atoms in total. The predicted molar refractivity (Wildman–Crippen MR) is 150 cm³/mol. The summed E-state index contributed by atoms with van der Waals surface area (Å²) in [7, 11) is 0. The second kappa shape index (κ2) is 12.2. The Labute approximate surface area is 232 Å². The lowest BCUT2D eigenvalue weighted by Gasteiger charge is -2.25. The fourth-order valence-electron chi connectivity index (χ4n) is 4.87. The Morgan fingerprint density at radius 3 is 1.95 bits per heavy atom. The molecular formula is C31H31N3O4S. The summed E-state index contributed by atoms with van der Waals surface area (Å²) in [6, 6.07) is 30.5. The monoisotopic (exact) mass is 541 g/mol. The lowest BCUT2D eigenvalue weighted by molar-refractivity contribution is -0.0913. The highest BCUT2D eigenvalue weighted by atomic mass is 32.1. The summed E-state index contributed by atoms with van der Waals surface area (Å²) in [5, 5.41) is 0. The summed E-state index contributed by atoms with van der Waals surface area (Å²) < 4.78 is 32.6. The summed E-state index contributed by atoms with van der Waals surface area (Å²) >= 11 is 1.42. The predicted octanol–water partition coefficient (Wildman–Crippen LogP) is 6.09. The van der Waals surface area contributed by atoms with Gasteiger partial charge in [0.05, 0.1) is 38.4 Å². The van der Waals surface area contributed by atoms with Crippen LogP contribution in [0.1, 0.15) is 28.6 Å². The molecule has 0 N–H and O–H groups in total. The highest BCUT2D eigenvalue weighted by molar-refractivity contribution is 7.12. The number of aromatic nitrogens is 3. The van der Waals surface area contributed by atoms with E-state index in [2.05, 4.69) is 45.8 Å². The van der Waals surface area contributed by atoms with Crippen LogP contribution in [0.4, 0.5) is 0 Å². The third kappa shape index (κ3) is 5.95. The molecule has 1 aliphatic heterocycles. The molecule has 3 aromatic carbocycles. The first-order valence-electron chi connectivity index (χ1n) is 13.1. The molecule has 3 heterocycles. The number of nitrogens with zero attached hydrogens (tertiary/aromatic N) is 3. The van der Waals surface area contributed by atoms with E-state index in [9.17, 15) is 0 Å². The van der Waals surface area contributed by atoms with E-state index >= 15 is 0 Å². The zero-order valence-electron chi connectivity index (χ0n) is 21.8. The van der Waals surface area contributed by atoms with Gasteiger partial charge in [-0.1, -0.05) is 91.0 Å². The molecule has 1 fully saturated rings. The van der Waals surface area contributed by atoms with E-state index in [0.717, 1.165) is 32.7 Å². The average molecular weight is 542 g/mol. The van der Waals surface area contributed by atoms with Gasteiger partial charge in [0, 0.05) is 0 Å². The van der Waals surface area contributed by atoms with E-state index in [1.807, 2.05) is 72.4 Å². The van der Waals surface area contributed by atoms with Crippen LogP contribution in [0, 0.1) is 6.92 Å². The van der Waals surface area contributed by atoms with Crippen LogP contribution in [0.25, 0.3) is 10.3 Å². The van der Waals surface area contributed by atoms with Gasteiger partial charge in [0.25, 0.3) is 0 Å². The van der Waals surface area contributed by atoms with Gasteiger partial charge in [0.1, 0.15) is 28.7 Å². The second-order valence-electron chi connectivity index (χ2n) is 9.66. The Morgan fingerprint density at radius 2 is 1.33 bits per heavy atom. The molecule has 0 spiro atoms. The van der Waals surface area contributed by atoms with Crippen molar-refractivity contribution in [1.82, 2.24) is 13.9 Å². The van der Waals surface area contributed by atoms with Gasteiger partial charge < -0.3 is 18.9 Å². The summed E-state index contributed by atoms with van der Waals surface area (Å²) in [6.07, 6.45) is 0.292. The fourth-order valence-corrected chi connectivity index (χ4v) is 5.71. The van der Waals surface area contributed by atoms with E-state index in [-0.39, 0.29) is 18.3 Å². The average Bonchev–Trinajstić information content (AvgIpc) is 3.67. The molecule has 200 valence electrons. The van der Waals surface area contributed by atoms with Crippen molar-refractivity contribution in [3.8, 4) is 0 Å². The highest BCUT2D eigenvalue weighted by Gasteiger charge is 2.48. The molecule has 6 rings (SSSR count). The Morgan fingerprint density at radius 1 is 0.769 bits per heavy atom. The van der Waals surface area contributed by atoms with Crippen molar-refractivity contribution in [2.45, 2.75) is 51.3 Å². The van der Waals surface area contributed by atoms with Gasteiger partial charge in [-0.3, -0.25) is 4.57 Å². The molecule has 0 aliphatic carbocycles. The van der Waals surface area contributed by atoms with E-state index in [1.54, 1.807) is 0 Å². The molecule has 0 radical (unpaired) electrons. The van der Waals surface area contributed by atoms with Gasteiger partial charge in [-0.25, -0.2) is 4.98 Å². The maximum Gasteiger partial charge on any atom is 0.165 e. The SMILES string of the molecule is Cc1nsc2c1ncn2[C@@H]1O[C@H](COCc2ccccc2)[C@@H](OCc2ccccc2)[C@@H]1OCc1ccccc1. The molecule has 2 aromatic heterocycles. The molecule has 8 heteroatoms. The first kappa shape index (κ1) is 25.9. The Bertz CT molecular complexity index is 1460. The van der Waals surface area contributed by atoms with Crippen LogP contribution in [0.5, 0.6) is 0 Å². The van der Waals surface area contributed by atoms with Crippen molar-refractivity contribution in [2.75, 3.05) is 6.61 Å². The first-order chi connectivity index (χ1) is 19.3. The summed E-state index contributed by atoms with van der Waals surface area (Å²) in [5.74, 6) is 0. The normalized spacial score (nSPS) is 21.1. The van der Waals surface area contributed by atoms with Gasteiger partial charge in [0.15, 0.2) is 6.23 Å². The van der Waals surface area contributed by atoms with Crippen LogP contribution in [0.3, 0.4) is 0 Å². The van der Waals surface area contributed by atoms with Crippen LogP contribution in [0.2, 0.25) is 0 Å². The van der Waals surface area contributed by atoms with Gasteiger partial charge in [-0.15, -0.1) is 0 Å². The van der Waals surface area contributed by atoms with Gasteiger partial charge >= 0.3 is 0 Å². The Balaban J connectivity index is 1.28. The Hall–Kier alpha value is -3.40. The first-order valence-corrected chi connectivity index (χ1v) is 13.9. The molecule has 0 amide bonds. The van der Waals surface area contributed by atoms with Crippen molar-refractivity contribution in [3.63, 3.8) is 0 Å². The lowest BCUT2D eigenvalue weighted by atomic mass is 10.1. The minimum absolute atomic E-state index is 0.338. The molecule has 39 heavy (non-hydrogen) atoms. The van der Waals surface area contributed by atoms with Gasteiger partial charge in [-0.05, 0) is 35.1 Å². The maximum atomic E-state index is 6.69. The molecule has 0 unspecified atom stereocenters. The minimum atomic E-state index is -0.440. The number of hydrogen-bond donors (Lipinski definition) is 0. The number of rotatable bonds is 11. The van der Waals surface area contributed by atoms with Crippen molar-refractivity contribution in [2.24, 2.45) is 0 Å². The van der Waals surface area contributed by atoms with E-state index in [1.165, 1.54) is 11.5 Å². The zero-order valence-corrected chi connectivity index (χ0v) is 22.6. The van der Waals surface area contributed by atoms with Crippen LogP contribution in [0.15, 0.2) is 97.3 Å². The standard InChI is InChI=1S/C31H31N3O4S/c1-22-27-31(39-33-22)34(21-32-27)30-29(37-19-25-15-9-4-10-16-25)28(36-18-24-13-7-3-8-14-24)26(38-30)20-35-17-23-11-5-2-6-12-23/h2-16,21,26,28-30H,17-20H2,1H3/t26-,28-,29+,30-/m1/s1. The lowest BCUT2D eigenvalue weighted by Crippen LogP contribution is -2.38. The zero-order chi connectivity index (χ0) is 26.4. The number of fused-ring (bicyclic) bond motifs is 1. The largest absolute Gasteiger partial charge is 0.374 e.